The number of halogens is 1. The van der Waals surface area contributed by atoms with Gasteiger partial charge in [-0.3, -0.25) is 20.4 Å². The molecule has 2 N–H and O–H groups in total. The highest BCUT2D eigenvalue weighted by molar-refractivity contribution is 9.10. The second-order valence-electron chi connectivity index (χ2n) is 3.88. The van der Waals surface area contributed by atoms with E-state index in [9.17, 15) is 9.59 Å². The van der Waals surface area contributed by atoms with Crippen molar-refractivity contribution in [1.82, 2.24) is 15.4 Å². The summed E-state index contributed by atoms with van der Waals surface area (Å²) < 4.78 is 2.81. The Morgan fingerprint density at radius 1 is 1.28 bits per heavy atom. The number of benzene rings is 1. The molecule has 5 nitrogen and oxygen atoms in total. The van der Waals surface area contributed by atoms with Crippen molar-refractivity contribution in [2.45, 2.75) is 13.5 Å². The molecule has 0 aliphatic heterocycles. The van der Waals surface area contributed by atoms with Crippen LogP contribution in [-0.2, 0) is 16.1 Å². The van der Waals surface area contributed by atoms with E-state index in [-0.39, 0.29) is 18.4 Å². The summed E-state index contributed by atoms with van der Waals surface area (Å²) >= 11 is 3.40. The Kier molecular flexibility index (Phi) is 3.66. The van der Waals surface area contributed by atoms with Crippen molar-refractivity contribution in [3.8, 4) is 0 Å². The van der Waals surface area contributed by atoms with Gasteiger partial charge >= 0.3 is 0 Å². The number of carbonyl (C=O) groups is 2. The van der Waals surface area contributed by atoms with Crippen molar-refractivity contribution in [3.63, 3.8) is 0 Å². The first-order valence-corrected chi connectivity index (χ1v) is 6.15. The van der Waals surface area contributed by atoms with E-state index in [0.717, 1.165) is 15.4 Å². The van der Waals surface area contributed by atoms with Crippen molar-refractivity contribution in [1.29, 1.82) is 0 Å². The lowest BCUT2D eigenvalue weighted by Gasteiger charge is -2.07. The van der Waals surface area contributed by atoms with Crippen molar-refractivity contribution in [2.24, 2.45) is 0 Å². The van der Waals surface area contributed by atoms with Gasteiger partial charge in [0.25, 0.3) is 5.91 Å². The van der Waals surface area contributed by atoms with Gasteiger partial charge in [-0.25, -0.2) is 0 Å². The fourth-order valence-corrected chi connectivity index (χ4v) is 2.04. The van der Waals surface area contributed by atoms with Gasteiger partial charge < -0.3 is 4.57 Å². The van der Waals surface area contributed by atoms with Crippen LogP contribution in [0.25, 0.3) is 10.9 Å². The topological polar surface area (TPSA) is 63.1 Å². The molecule has 2 aromatic rings. The van der Waals surface area contributed by atoms with Crippen LogP contribution in [-0.4, -0.2) is 16.4 Å². The maximum atomic E-state index is 11.6. The summed E-state index contributed by atoms with van der Waals surface area (Å²) in [5, 5.41) is 1.05. The van der Waals surface area contributed by atoms with Crippen LogP contribution in [0, 0.1) is 0 Å². The molecule has 0 radical (unpaired) electrons. The zero-order chi connectivity index (χ0) is 13.1. The van der Waals surface area contributed by atoms with Crippen LogP contribution in [0.5, 0.6) is 0 Å². The van der Waals surface area contributed by atoms with Crippen molar-refractivity contribution >= 4 is 38.6 Å². The first-order valence-electron chi connectivity index (χ1n) is 5.36. The summed E-state index contributed by atoms with van der Waals surface area (Å²) in [5.74, 6) is -0.574. The molecule has 94 valence electrons. The number of rotatable bonds is 2. The van der Waals surface area contributed by atoms with Crippen molar-refractivity contribution < 1.29 is 9.59 Å². The highest BCUT2D eigenvalue weighted by Gasteiger charge is 2.06. The maximum absolute atomic E-state index is 11.6. The number of hydrazine groups is 1. The number of aromatic nitrogens is 1. The maximum Gasteiger partial charge on any atom is 0.258 e. The lowest BCUT2D eigenvalue weighted by Crippen LogP contribution is -2.41. The molecule has 1 heterocycles. The van der Waals surface area contributed by atoms with Crippen LogP contribution in [0.3, 0.4) is 0 Å². The Labute approximate surface area is 112 Å². The molecule has 0 spiro atoms. The van der Waals surface area contributed by atoms with Crippen LogP contribution in [0.4, 0.5) is 0 Å². The zero-order valence-corrected chi connectivity index (χ0v) is 11.3. The fraction of sp³-hybridized carbons (Fsp3) is 0.167. The van der Waals surface area contributed by atoms with Gasteiger partial charge in [0.15, 0.2) is 0 Å². The average Bonchev–Trinajstić information content (AvgIpc) is 2.69. The number of amides is 2. The van der Waals surface area contributed by atoms with Crippen LogP contribution < -0.4 is 10.9 Å². The monoisotopic (exact) mass is 309 g/mol. The molecule has 0 saturated heterocycles. The molecular weight excluding hydrogens is 298 g/mol. The van der Waals surface area contributed by atoms with Crippen LogP contribution >= 0.6 is 15.9 Å². The van der Waals surface area contributed by atoms with E-state index in [1.165, 1.54) is 6.92 Å². The summed E-state index contributed by atoms with van der Waals surface area (Å²) in [6.07, 6.45) is 1.84. The minimum atomic E-state index is -0.301. The van der Waals surface area contributed by atoms with E-state index in [2.05, 4.69) is 26.8 Å². The Hall–Kier alpha value is -1.82. The molecule has 0 unspecified atom stereocenters. The third-order valence-corrected chi connectivity index (χ3v) is 2.92. The third-order valence-electron chi connectivity index (χ3n) is 2.42. The molecule has 18 heavy (non-hydrogen) atoms. The van der Waals surface area contributed by atoms with Gasteiger partial charge in [-0.05, 0) is 24.3 Å². The minimum absolute atomic E-state index is 0.158. The Bertz CT molecular complexity index is 606. The number of carbonyl (C=O) groups excluding carboxylic acids is 2. The van der Waals surface area contributed by atoms with E-state index in [1.807, 2.05) is 35.0 Å². The predicted molar refractivity (Wildman–Crippen MR) is 71.6 cm³/mol. The average molecular weight is 310 g/mol. The quantitative estimate of drug-likeness (QED) is 0.827. The van der Waals surface area contributed by atoms with Crippen LogP contribution in [0.15, 0.2) is 34.9 Å². The third kappa shape index (κ3) is 2.89. The van der Waals surface area contributed by atoms with E-state index < -0.39 is 0 Å². The highest BCUT2D eigenvalue weighted by atomic mass is 79.9. The minimum Gasteiger partial charge on any atom is -0.338 e. The summed E-state index contributed by atoms with van der Waals surface area (Å²) in [7, 11) is 0. The summed E-state index contributed by atoms with van der Waals surface area (Å²) in [6.45, 7) is 1.49. The fourth-order valence-electron chi connectivity index (χ4n) is 1.66. The van der Waals surface area contributed by atoms with E-state index in [0.29, 0.717) is 0 Å². The number of nitrogens with zero attached hydrogens (tertiary/aromatic N) is 1. The molecule has 2 amide bonds. The van der Waals surface area contributed by atoms with E-state index in [4.69, 9.17) is 0 Å². The van der Waals surface area contributed by atoms with E-state index >= 15 is 0 Å². The van der Waals surface area contributed by atoms with Crippen molar-refractivity contribution in [2.75, 3.05) is 0 Å². The lowest BCUT2D eigenvalue weighted by atomic mass is 10.2. The second kappa shape index (κ2) is 5.22. The van der Waals surface area contributed by atoms with Crippen LogP contribution in [0.1, 0.15) is 6.92 Å². The SMILES string of the molecule is CC(=O)NNC(=O)Cn1ccc2cc(Br)ccc21. The summed E-state index contributed by atoms with van der Waals surface area (Å²) in [5.41, 5.74) is 5.55. The number of hydrogen-bond acceptors (Lipinski definition) is 2. The summed E-state index contributed by atoms with van der Waals surface area (Å²) in [4.78, 5) is 22.2. The highest BCUT2D eigenvalue weighted by Crippen LogP contribution is 2.20. The van der Waals surface area contributed by atoms with Crippen LogP contribution in [0.2, 0.25) is 0 Å². The smallest absolute Gasteiger partial charge is 0.258 e. The first kappa shape index (κ1) is 12.6. The van der Waals surface area contributed by atoms with Gasteiger partial charge in [0.1, 0.15) is 6.54 Å². The Morgan fingerprint density at radius 2 is 2.06 bits per heavy atom. The van der Waals surface area contributed by atoms with Gasteiger partial charge in [-0.15, -0.1) is 0 Å². The molecular formula is C12H12BrN3O2. The number of hydrogen-bond donors (Lipinski definition) is 2. The van der Waals surface area contributed by atoms with Gasteiger partial charge in [0, 0.05) is 28.5 Å². The molecule has 0 aliphatic carbocycles. The molecule has 0 fully saturated rings. The van der Waals surface area contributed by atoms with Crippen molar-refractivity contribution in [3.05, 3.63) is 34.9 Å². The predicted octanol–water partition coefficient (Wildman–Crippen LogP) is 1.57. The lowest BCUT2D eigenvalue weighted by molar-refractivity contribution is -0.128. The van der Waals surface area contributed by atoms with Gasteiger partial charge in [-0.1, -0.05) is 15.9 Å². The van der Waals surface area contributed by atoms with Gasteiger partial charge in [0.2, 0.25) is 5.91 Å². The Morgan fingerprint density at radius 3 is 2.78 bits per heavy atom. The standard InChI is InChI=1S/C12H12BrN3O2/c1-8(17)14-15-12(18)7-16-5-4-9-6-10(13)2-3-11(9)16/h2-6H,7H2,1H3,(H,14,17)(H,15,18). The number of nitrogens with one attached hydrogen (secondary N) is 2. The molecule has 1 aromatic carbocycles. The normalized spacial score (nSPS) is 10.3. The molecule has 1 aromatic heterocycles. The zero-order valence-electron chi connectivity index (χ0n) is 9.74. The molecule has 6 heteroatoms. The number of fused-ring (bicyclic) bond motifs is 1. The molecule has 0 bridgehead atoms. The largest absolute Gasteiger partial charge is 0.338 e. The molecule has 0 atom stereocenters. The van der Waals surface area contributed by atoms with Gasteiger partial charge in [-0.2, -0.15) is 0 Å². The molecule has 0 saturated carbocycles. The second-order valence-corrected chi connectivity index (χ2v) is 4.79. The molecule has 0 aliphatic rings. The summed E-state index contributed by atoms with van der Waals surface area (Å²) in [6, 6.07) is 7.78. The Balaban J connectivity index is 2.12. The van der Waals surface area contributed by atoms with Gasteiger partial charge in [0.05, 0.1) is 0 Å². The first-order chi connectivity index (χ1) is 8.56. The molecule has 2 rings (SSSR count). The van der Waals surface area contributed by atoms with E-state index in [1.54, 1.807) is 0 Å².